The molecule has 0 aliphatic carbocycles. The van der Waals surface area contributed by atoms with Crippen molar-refractivity contribution < 1.29 is 0 Å². The summed E-state index contributed by atoms with van der Waals surface area (Å²) in [5, 5.41) is 1.01. The standard InChI is InChI=1S/C11H16ClN5S/c1-6(2)18-9-7(12)4-3-5-8(9)16-11(15)17-10(13)14/h3-6H,1-2H3,(H6,13,14,15,16,17). The van der Waals surface area contributed by atoms with Gasteiger partial charge in [0.2, 0.25) is 5.96 Å². The van der Waals surface area contributed by atoms with Gasteiger partial charge in [0.1, 0.15) is 0 Å². The normalized spacial score (nSPS) is 11.7. The van der Waals surface area contributed by atoms with E-state index in [9.17, 15) is 0 Å². The summed E-state index contributed by atoms with van der Waals surface area (Å²) < 4.78 is 0. The average molecular weight is 286 g/mol. The van der Waals surface area contributed by atoms with Crippen LogP contribution in [0.3, 0.4) is 0 Å². The summed E-state index contributed by atoms with van der Waals surface area (Å²) in [5.41, 5.74) is 16.7. The molecule has 0 bridgehead atoms. The van der Waals surface area contributed by atoms with E-state index in [1.165, 1.54) is 0 Å². The average Bonchev–Trinajstić information content (AvgIpc) is 2.21. The second-order valence-corrected chi connectivity index (χ2v) is 5.76. The fourth-order valence-electron chi connectivity index (χ4n) is 1.22. The Balaban J connectivity index is 3.16. The van der Waals surface area contributed by atoms with Crippen molar-refractivity contribution in [2.75, 3.05) is 0 Å². The Bertz CT molecular complexity index is 480. The molecule has 0 unspecified atom stereocenters. The SMILES string of the molecule is CC(C)Sc1c(Cl)cccc1N=C(N)N=C(N)N. The summed E-state index contributed by atoms with van der Waals surface area (Å²) in [6.45, 7) is 4.14. The lowest BCUT2D eigenvalue weighted by Gasteiger charge is -2.10. The number of rotatable bonds is 3. The fourth-order valence-corrected chi connectivity index (χ4v) is 2.41. The highest BCUT2D eigenvalue weighted by molar-refractivity contribution is 8.00. The predicted molar refractivity (Wildman–Crippen MR) is 79.5 cm³/mol. The maximum Gasteiger partial charge on any atom is 0.223 e. The van der Waals surface area contributed by atoms with Crippen LogP contribution in [0.15, 0.2) is 33.1 Å². The maximum atomic E-state index is 6.15. The zero-order chi connectivity index (χ0) is 13.7. The van der Waals surface area contributed by atoms with E-state index >= 15 is 0 Å². The van der Waals surface area contributed by atoms with E-state index in [2.05, 4.69) is 23.8 Å². The quantitative estimate of drug-likeness (QED) is 0.449. The highest BCUT2D eigenvalue weighted by Gasteiger charge is 2.09. The van der Waals surface area contributed by atoms with Gasteiger partial charge in [0.25, 0.3) is 0 Å². The molecule has 6 N–H and O–H groups in total. The van der Waals surface area contributed by atoms with Gasteiger partial charge in [-0.3, -0.25) is 0 Å². The number of hydrogen-bond donors (Lipinski definition) is 3. The molecule has 1 aromatic carbocycles. The monoisotopic (exact) mass is 285 g/mol. The van der Waals surface area contributed by atoms with Crippen molar-refractivity contribution in [2.24, 2.45) is 27.2 Å². The molecule has 0 radical (unpaired) electrons. The summed E-state index contributed by atoms with van der Waals surface area (Å²) in [7, 11) is 0. The summed E-state index contributed by atoms with van der Waals surface area (Å²) in [5.74, 6) is -0.126. The van der Waals surface area contributed by atoms with Crippen molar-refractivity contribution in [2.45, 2.75) is 24.0 Å². The number of thioether (sulfide) groups is 1. The molecular formula is C11H16ClN5S. The van der Waals surface area contributed by atoms with E-state index in [4.69, 9.17) is 28.8 Å². The van der Waals surface area contributed by atoms with Gasteiger partial charge in [0, 0.05) is 5.25 Å². The zero-order valence-corrected chi connectivity index (χ0v) is 11.8. The van der Waals surface area contributed by atoms with Crippen molar-refractivity contribution in [1.29, 1.82) is 0 Å². The van der Waals surface area contributed by atoms with E-state index in [1.807, 2.05) is 12.1 Å². The van der Waals surface area contributed by atoms with Crippen LogP contribution >= 0.6 is 23.4 Å². The number of benzene rings is 1. The first-order valence-electron chi connectivity index (χ1n) is 5.29. The topological polar surface area (TPSA) is 103 Å². The predicted octanol–water partition coefficient (Wildman–Crippen LogP) is 2.06. The molecule has 5 nitrogen and oxygen atoms in total. The first kappa shape index (κ1) is 14.7. The van der Waals surface area contributed by atoms with E-state index in [0.717, 1.165) is 4.90 Å². The lowest BCUT2D eigenvalue weighted by molar-refractivity contribution is 1.11. The van der Waals surface area contributed by atoms with Crippen molar-refractivity contribution >= 4 is 41.0 Å². The number of nitrogens with zero attached hydrogens (tertiary/aromatic N) is 2. The summed E-state index contributed by atoms with van der Waals surface area (Å²) in [6, 6.07) is 5.42. The smallest absolute Gasteiger partial charge is 0.223 e. The van der Waals surface area contributed by atoms with Crippen molar-refractivity contribution in [1.82, 2.24) is 0 Å². The van der Waals surface area contributed by atoms with E-state index in [1.54, 1.807) is 17.8 Å². The number of nitrogens with two attached hydrogens (primary N) is 3. The number of halogens is 1. The minimum atomic E-state index is -0.128. The molecule has 0 amide bonds. The second kappa shape index (κ2) is 6.51. The van der Waals surface area contributed by atoms with Crippen LogP contribution in [0, 0.1) is 0 Å². The summed E-state index contributed by atoms with van der Waals surface area (Å²) in [4.78, 5) is 8.69. The van der Waals surface area contributed by atoms with Crippen LogP contribution in [0.4, 0.5) is 5.69 Å². The van der Waals surface area contributed by atoms with Crippen LogP contribution in [0.1, 0.15) is 13.8 Å². The third kappa shape index (κ3) is 4.46. The fraction of sp³-hybridized carbons (Fsp3) is 0.273. The highest BCUT2D eigenvalue weighted by Crippen LogP contribution is 2.38. The van der Waals surface area contributed by atoms with Crippen molar-refractivity contribution in [3.05, 3.63) is 23.2 Å². The Morgan fingerprint density at radius 2 is 1.94 bits per heavy atom. The van der Waals surface area contributed by atoms with Gasteiger partial charge in [-0.05, 0) is 12.1 Å². The van der Waals surface area contributed by atoms with E-state index < -0.39 is 0 Å². The number of aliphatic imine (C=N–C) groups is 2. The largest absolute Gasteiger partial charge is 0.370 e. The molecule has 1 rings (SSSR count). The van der Waals surface area contributed by atoms with Crippen LogP contribution in [0.5, 0.6) is 0 Å². The van der Waals surface area contributed by atoms with Crippen LogP contribution in [-0.2, 0) is 0 Å². The Hall–Kier alpha value is -1.40. The van der Waals surface area contributed by atoms with Crippen LogP contribution in [0.2, 0.25) is 5.02 Å². The Labute approximate surface area is 115 Å². The van der Waals surface area contributed by atoms with Gasteiger partial charge >= 0.3 is 0 Å². The third-order valence-electron chi connectivity index (χ3n) is 1.78. The molecule has 0 aliphatic rings. The summed E-state index contributed by atoms with van der Waals surface area (Å²) in [6.07, 6.45) is 0. The molecule has 0 saturated carbocycles. The third-order valence-corrected chi connectivity index (χ3v) is 3.34. The van der Waals surface area contributed by atoms with Crippen LogP contribution in [-0.4, -0.2) is 17.2 Å². The molecule has 7 heteroatoms. The minimum Gasteiger partial charge on any atom is -0.370 e. The molecule has 0 saturated heterocycles. The van der Waals surface area contributed by atoms with Gasteiger partial charge < -0.3 is 17.2 Å². The highest BCUT2D eigenvalue weighted by atomic mass is 35.5. The molecular weight excluding hydrogens is 270 g/mol. The molecule has 1 aromatic rings. The number of hydrogen-bond acceptors (Lipinski definition) is 2. The van der Waals surface area contributed by atoms with Crippen molar-refractivity contribution in [3.8, 4) is 0 Å². The molecule has 98 valence electrons. The molecule has 0 heterocycles. The van der Waals surface area contributed by atoms with Gasteiger partial charge in [-0.25, -0.2) is 4.99 Å². The maximum absolute atomic E-state index is 6.15. The second-order valence-electron chi connectivity index (χ2n) is 3.76. The van der Waals surface area contributed by atoms with Gasteiger partial charge in [0.05, 0.1) is 15.6 Å². The number of guanidine groups is 2. The van der Waals surface area contributed by atoms with Crippen LogP contribution < -0.4 is 17.2 Å². The Morgan fingerprint density at radius 3 is 2.50 bits per heavy atom. The molecule has 0 atom stereocenters. The molecule has 0 fully saturated rings. The van der Waals surface area contributed by atoms with Gasteiger partial charge in [0.15, 0.2) is 5.96 Å². The van der Waals surface area contributed by atoms with Gasteiger partial charge in [-0.1, -0.05) is 31.5 Å². The van der Waals surface area contributed by atoms with Gasteiger partial charge in [-0.15, -0.1) is 11.8 Å². The molecule has 0 aromatic heterocycles. The van der Waals surface area contributed by atoms with Crippen molar-refractivity contribution in [3.63, 3.8) is 0 Å². The molecule has 0 aliphatic heterocycles. The Morgan fingerprint density at radius 1 is 1.28 bits per heavy atom. The molecule has 18 heavy (non-hydrogen) atoms. The van der Waals surface area contributed by atoms with E-state index in [-0.39, 0.29) is 11.9 Å². The lowest BCUT2D eigenvalue weighted by atomic mass is 10.3. The molecule has 0 spiro atoms. The van der Waals surface area contributed by atoms with Crippen LogP contribution in [0.25, 0.3) is 0 Å². The summed E-state index contributed by atoms with van der Waals surface area (Å²) >= 11 is 7.75. The van der Waals surface area contributed by atoms with E-state index in [0.29, 0.717) is 16.0 Å². The van der Waals surface area contributed by atoms with Gasteiger partial charge in [-0.2, -0.15) is 4.99 Å². The lowest BCUT2D eigenvalue weighted by Crippen LogP contribution is -2.26. The first-order valence-corrected chi connectivity index (χ1v) is 6.55. The minimum absolute atomic E-state index is 0.00266. The Kier molecular flexibility index (Phi) is 5.30. The zero-order valence-electron chi connectivity index (χ0n) is 10.2. The first-order chi connectivity index (χ1) is 8.40.